The first-order chi connectivity index (χ1) is 11.6. The summed E-state index contributed by atoms with van der Waals surface area (Å²) in [5, 5.41) is 4.03. The molecule has 1 aliphatic heterocycles. The summed E-state index contributed by atoms with van der Waals surface area (Å²) in [4.78, 5) is 19.1. The number of carbonyl (C=O) groups is 1. The van der Waals surface area contributed by atoms with Gasteiger partial charge in [0.15, 0.2) is 5.82 Å². The van der Waals surface area contributed by atoms with E-state index in [0.29, 0.717) is 17.4 Å². The Morgan fingerprint density at radius 2 is 2.00 bits per heavy atom. The predicted octanol–water partition coefficient (Wildman–Crippen LogP) is 2.57. The van der Waals surface area contributed by atoms with Crippen molar-refractivity contribution in [3.63, 3.8) is 0 Å². The summed E-state index contributed by atoms with van der Waals surface area (Å²) < 4.78 is 5.33. The molecule has 1 aliphatic carbocycles. The van der Waals surface area contributed by atoms with E-state index in [1.807, 2.05) is 29.2 Å². The Morgan fingerprint density at radius 1 is 1.25 bits per heavy atom. The number of hydrogen-bond acceptors (Lipinski definition) is 5. The van der Waals surface area contributed by atoms with Gasteiger partial charge in [0.05, 0.1) is 0 Å². The summed E-state index contributed by atoms with van der Waals surface area (Å²) in [6, 6.07) is 7.79. The van der Waals surface area contributed by atoms with E-state index in [1.54, 1.807) is 0 Å². The van der Waals surface area contributed by atoms with Crippen molar-refractivity contribution in [2.45, 2.75) is 50.6 Å². The number of benzene rings is 1. The van der Waals surface area contributed by atoms with Crippen LogP contribution < -0.4 is 5.73 Å². The van der Waals surface area contributed by atoms with Gasteiger partial charge in [0, 0.05) is 35.7 Å². The zero-order valence-corrected chi connectivity index (χ0v) is 13.8. The number of hydrogen-bond donors (Lipinski definition) is 1. The largest absolute Gasteiger partial charge is 0.336 e. The Kier molecular flexibility index (Phi) is 3.84. The lowest BCUT2D eigenvalue weighted by atomic mass is 9.98. The highest BCUT2D eigenvalue weighted by atomic mass is 16.5. The van der Waals surface area contributed by atoms with E-state index in [4.69, 9.17) is 10.3 Å². The van der Waals surface area contributed by atoms with Gasteiger partial charge in [-0.3, -0.25) is 4.79 Å². The molecule has 2 aromatic rings. The Bertz CT molecular complexity index is 736. The molecule has 24 heavy (non-hydrogen) atoms. The van der Waals surface area contributed by atoms with Crippen LogP contribution in [-0.2, 0) is 0 Å². The third kappa shape index (κ3) is 2.94. The lowest BCUT2D eigenvalue weighted by Crippen LogP contribution is -2.48. The van der Waals surface area contributed by atoms with E-state index in [9.17, 15) is 4.79 Å². The van der Waals surface area contributed by atoms with Crippen molar-refractivity contribution in [3.8, 4) is 11.5 Å². The molecular weight excluding hydrogens is 304 g/mol. The van der Waals surface area contributed by atoms with Gasteiger partial charge in [0.25, 0.3) is 11.8 Å². The molecular formula is C18H22N4O2. The lowest BCUT2D eigenvalue weighted by molar-refractivity contribution is 0.0619. The molecule has 1 saturated carbocycles. The van der Waals surface area contributed by atoms with Crippen molar-refractivity contribution in [3.05, 3.63) is 35.7 Å². The number of nitrogens with two attached hydrogens (primary N) is 1. The van der Waals surface area contributed by atoms with Gasteiger partial charge >= 0.3 is 0 Å². The van der Waals surface area contributed by atoms with Crippen molar-refractivity contribution in [1.82, 2.24) is 15.0 Å². The molecule has 2 N–H and O–H groups in total. The predicted molar refractivity (Wildman–Crippen MR) is 89.4 cm³/mol. The van der Waals surface area contributed by atoms with E-state index >= 15 is 0 Å². The zero-order valence-electron chi connectivity index (χ0n) is 13.8. The van der Waals surface area contributed by atoms with Crippen molar-refractivity contribution in [1.29, 1.82) is 0 Å². The van der Waals surface area contributed by atoms with E-state index in [2.05, 4.69) is 17.1 Å². The quantitative estimate of drug-likeness (QED) is 0.937. The minimum Gasteiger partial charge on any atom is -0.336 e. The maximum absolute atomic E-state index is 12.7. The molecule has 2 fully saturated rings. The van der Waals surface area contributed by atoms with Crippen molar-refractivity contribution in [2.24, 2.45) is 5.73 Å². The van der Waals surface area contributed by atoms with Gasteiger partial charge in [0.2, 0.25) is 0 Å². The van der Waals surface area contributed by atoms with Crippen molar-refractivity contribution in [2.75, 3.05) is 6.54 Å². The zero-order chi connectivity index (χ0) is 16.7. The van der Waals surface area contributed by atoms with Gasteiger partial charge in [0.1, 0.15) is 0 Å². The first-order valence-corrected chi connectivity index (χ1v) is 8.62. The van der Waals surface area contributed by atoms with Gasteiger partial charge in [-0.15, -0.1) is 0 Å². The highest BCUT2D eigenvalue weighted by Gasteiger charge is 2.29. The number of rotatable bonds is 3. The highest BCUT2D eigenvalue weighted by molar-refractivity contribution is 5.94. The maximum Gasteiger partial charge on any atom is 0.257 e. The number of likely N-dealkylation sites (tertiary alicyclic amines) is 1. The van der Waals surface area contributed by atoms with Crippen molar-refractivity contribution >= 4 is 5.91 Å². The number of carbonyl (C=O) groups excluding carboxylic acids is 1. The van der Waals surface area contributed by atoms with E-state index in [0.717, 1.165) is 43.6 Å². The minimum absolute atomic E-state index is 0.0603. The molecule has 1 aromatic carbocycles. The molecule has 1 amide bonds. The number of aromatic nitrogens is 2. The third-order valence-corrected chi connectivity index (χ3v) is 4.94. The third-order valence-electron chi connectivity index (χ3n) is 4.94. The van der Waals surface area contributed by atoms with Crippen LogP contribution in [0.1, 0.15) is 54.7 Å². The summed E-state index contributed by atoms with van der Waals surface area (Å²) in [6.45, 7) is 2.78. The molecule has 0 radical (unpaired) electrons. The summed E-state index contributed by atoms with van der Waals surface area (Å²) in [7, 11) is 0. The number of amides is 1. The lowest BCUT2D eigenvalue weighted by Gasteiger charge is -2.36. The maximum atomic E-state index is 12.7. The van der Waals surface area contributed by atoms with E-state index < -0.39 is 0 Å². The SMILES string of the molecule is C[C@@H]1C[C@H](N)CCN1C(=O)c1ccc(-c2nc(C3CC3)no2)cc1. The van der Waals surface area contributed by atoms with Crippen molar-refractivity contribution < 1.29 is 9.32 Å². The molecule has 2 heterocycles. The van der Waals surface area contributed by atoms with Crippen LogP contribution >= 0.6 is 0 Å². The second kappa shape index (κ2) is 6.02. The normalized spacial score (nSPS) is 24.2. The summed E-state index contributed by atoms with van der Waals surface area (Å²) in [5.41, 5.74) is 7.51. The molecule has 1 saturated heterocycles. The highest BCUT2D eigenvalue weighted by Crippen LogP contribution is 2.38. The van der Waals surface area contributed by atoms with Gasteiger partial charge in [-0.25, -0.2) is 0 Å². The van der Waals surface area contributed by atoms with E-state index in [1.165, 1.54) is 0 Å². The Labute approximate surface area is 141 Å². The van der Waals surface area contributed by atoms with Gasteiger partial charge < -0.3 is 15.2 Å². The standard InChI is InChI=1S/C18H22N4O2/c1-11-10-15(19)8-9-22(11)18(23)14-6-4-13(5-7-14)17-20-16(21-24-17)12-2-3-12/h4-7,11-12,15H,2-3,8-10,19H2,1H3/t11-,15-/m1/s1. The molecule has 6 heteroatoms. The molecule has 2 atom stereocenters. The second-order valence-electron chi connectivity index (χ2n) is 6.94. The van der Waals surface area contributed by atoms with Crippen LogP contribution in [0.5, 0.6) is 0 Å². The summed E-state index contributed by atoms with van der Waals surface area (Å²) in [6.07, 6.45) is 4.00. The molecule has 126 valence electrons. The van der Waals surface area contributed by atoms with Crippen LogP contribution in [0.4, 0.5) is 0 Å². The van der Waals surface area contributed by atoms with Gasteiger partial charge in [-0.05, 0) is 56.9 Å². The van der Waals surface area contributed by atoms with Gasteiger partial charge in [-0.2, -0.15) is 4.98 Å². The van der Waals surface area contributed by atoms with Crippen LogP contribution in [0.15, 0.2) is 28.8 Å². The fourth-order valence-corrected chi connectivity index (χ4v) is 3.29. The van der Waals surface area contributed by atoms with E-state index in [-0.39, 0.29) is 18.0 Å². The molecule has 0 bridgehead atoms. The minimum atomic E-state index is 0.0603. The van der Waals surface area contributed by atoms with Gasteiger partial charge in [-0.1, -0.05) is 5.16 Å². The van der Waals surface area contributed by atoms with Crippen LogP contribution in [0, 0.1) is 0 Å². The Balaban J connectivity index is 1.49. The number of nitrogens with zero attached hydrogens (tertiary/aromatic N) is 3. The fourth-order valence-electron chi connectivity index (χ4n) is 3.29. The topological polar surface area (TPSA) is 85.2 Å². The fraction of sp³-hybridized carbons (Fsp3) is 0.500. The Morgan fingerprint density at radius 3 is 2.67 bits per heavy atom. The van der Waals surface area contributed by atoms with Crippen LogP contribution in [0.2, 0.25) is 0 Å². The van der Waals surface area contributed by atoms with Crippen LogP contribution in [0.3, 0.4) is 0 Å². The first-order valence-electron chi connectivity index (χ1n) is 8.62. The molecule has 0 spiro atoms. The summed E-state index contributed by atoms with van der Waals surface area (Å²) >= 11 is 0. The monoisotopic (exact) mass is 326 g/mol. The second-order valence-corrected chi connectivity index (χ2v) is 6.94. The average molecular weight is 326 g/mol. The molecule has 1 aromatic heterocycles. The smallest absolute Gasteiger partial charge is 0.257 e. The molecule has 6 nitrogen and oxygen atoms in total. The van der Waals surface area contributed by atoms with Crippen LogP contribution in [-0.4, -0.2) is 39.6 Å². The average Bonchev–Trinajstić information content (AvgIpc) is 3.32. The Hall–Kier alpha value is -2.21. The molecule has 0 unspecified atom stereocenters. The first kappa shape index (κ1) is 15.3. The summed E-state index contributed by atoms with van der Waals surface area (Å²) in [5.74, 6) is 1.84. The molecule has 4 rings (SSSR count). The molecule has 2 aliphatic rings. The number of piperidine rings is 1. The van der Waals surface area contributed by atoms with Crippen LogP contribution in [0.25, 0.3) is 11.5 Å².